The molecule has 8 nitrogen and oxygen atoms in total. The zero-order valence-corrected chi connectivity index (χ0v) is 23.6. The molecule has 3 aliphatic heterocycles. The van der Waals surface area contributed by atoms with Crippen LogP contribution in [0.25, 0.3) is 0 Å². The lowest BCUT2D eigenvalue weighted by Crippen LogP contribution is -2.57. The molecule has 1 aromatic rings. The molecule has 1 saturated carbocycles. The minimum Gasteiger partial charge on any atom is -0.497 e. The summed E-state index contributed by atoms with van der Waals surface area (Å²) in [7, 11) is 1.58. The van der Waals surface area contributed by atoms with Crippen molar-refractivity contribution in [3.8, 4) is 5.75 Å². The van der Waals surface area contributed by atoms with Crippen LogP contribution in [-0.4, -0.2) is 60.1 Å². The summed E-state index contributed by atoms with van der Waals surface area (Å²) in [5, 5.41) is 6.28. The fraction of sp³-hybridized carbons (Fsp3) is 0.594. The Morgan fingerprint density at radius 1 is 1.15 bits per heavy atom. The minimum atomic E-state index is -1.14. The van der Waals surface area contributed by atoms with Crippen molar-refractivity contribution in [3.05, 3.63) is 48.1 Å². The lowest BCUT2D eigenvalue weighted by Gasteiger charge is -2.36. The van der Waals surface area contributed by atoms with Gasteiger partial charge in [0.25, 0.3) is 0 Å². The molecule has 5 aliphatic rings. The number of rotatable bonds is 8. The molecule has 2 bridgehead atoms. The van der Waals surface area contributed by atoms with Gasteiger partial charge in [-0.15, -0.1) is 0 Å². The van der Waals surface area contributed by atoms with Crippen molar-refractivity contribution in [2.45, 2.75) is 88.5 Å². The SMILES string of the molecule is COc1cccc(NC(=O)[C@H]2[C@H]3C=C[C@@]4(O3)[C@H]2C(=O)N(CCC2=CCCCC2)[C@@H]4C(=O)N[C@H]2CCCC[C@H]2C)c1. The van der Waals surface area contributed by atoms with Gasteiger partial charge in [0.1, 0.15) is 17.4 Å². The zero-order chi connectivity index (χ0) is 27.9. The molecule has 7 atom stereocenters. The summed E-state index contributed by atoms with van der Waals surface area (Å²) in [5.41, 5.74) is 0.806. The van der Waals surface area contributed by atoms with Gasteiger partial charge in [0.05, 0.1) is 25.0 Å². The quantitative estimate of drug-likeness (QED) is 0.471. The van der Waals surface area contributed by atoms with Crippen molar-refractivity contribution in [2.75, 3.05) is 19.0 Å². The molecule has 1 aromatic carbocycles. The maximum Gasteiger partial charge on any atom is 0.246 e. The molecule has 2 aliphatic carbocycles. The van der Waals surface area contributed by atoms with Crippen molar-refractivity contribution in [3.63, 3.8) is 0 Å². The standard InChI is InChI=1S/C32H41N3O5/c1-20-9-6-7-14-24(20)34-30(37)28-32-17-15-25(40-32)26(29(36)33-22-12-8-13-23(19-22)39-2)27(32)31(38)35(28)18-16-21-10-4-3-5-11-21/h8,10,12-13,15,17,19-20,24-28H,3-7,9,11,14,16,18H2,1-2H3,(H,33,36)(H,34,37)/t20-,24+,25-,26+,27-,28-,32-/m1/s1. The highest BCUT2D eigenvalue weighted by Crippen LogP contribution is 2.55. The van der Waals surface area contributed by atoms with E-state index in [4.69, 9.17) is 9.47 Å². The molecular weight excluding hydrogens is 506 g/mol. The van der Waals surface area contributed by atoms with Gasteiger partial charge in [-0.25, -0.2) is 0 Å². The number of hydrogen-bond donors (Lipinski definition) is 2. The number of methoxy groups -OCH3 is 1. The van der Waals surface area contributed by atoms with Crippen molar-refractivity contribution in [1.82, 2.24) is 10.2 Å². The van der Waals surface area contributed by atoms with Gasteiger partial charge in [-0.1, -0.05) is 49.6 Å². The Morgan fingerprint density at radius 2 is 2.00 bits per heavy atom. The monoisotopic (exact) mass is 547 g/mol. The summed E-state index contributed by atoms with van der Waals surface area (Å²) in [5.74, 6) is -1.04. The lowest BCUT2D eigenvalue weighted by molar-refractivity contribution is -0.141. The fourth-order valence-corrected chi connectivity index (χ4v) is 7.62. The highest BCUT2D eigenvalue weighted by molar-refractivity contribution is 6.02. The Labute approximate surface area is 236 Å². The Kier molecular flexibility index (Phi) is 7.46. The number of anilines is 1. The molecule has 1 spiro atoms. The number of likely N-dealkylation sites (tertiary alicyclic amines) is 1. The topological polar surface area (TPSA) is 97.0 Å². The summed E-state index contributed by atoms with van der Waals surface area (Å²) >= 11 is 0. The largest absolute Gasteiger partial charge is 0.497 e. The number of hydrogen-bond acceptors (Lipinski definition) is 5. The molecule has 214 valence electrons. The summed E-state index contributed by atoms with van der Waals surface area (Å²) in [6, 6.07) is 6.46. The van der Waals surface area contributed by atoms with Gasteiger partial charge in [0.15, 0.2) is 0 Å². The van der Waals surface area contributed by atoms with Crippen LogP contribution in [-0.2, 0) is 19.1 Å². The van der Waals surface area contributed by atoms with E-state index in [1.165, 1.54) is 18.4 Å². The van der Waals surface area contributed by atoms with Gasteiger partial charge in [-0.2, -0.15) is 0 Å². The van der Waals surface area contributed by atoms with Crippen LogP contribution in [0.15, 0.2) is 48.1 Å². The van der Waals surface area contributed by atoms with Crippen molar-refractivity contribution in [1.29, 1.82) is 0 Å². The van der Waals surface area contributed by atoms with Crippen molar-refractivity contribution >= 4 is 23.4 Å². The van der Waals surface area contributed by atoms with Crippen molar-refractivity contribution in [2.24, 2.45) is 17.8 Å². The summed E-state index contributed by atoms with van der Waals surface area (Å²) in [6.45, 7) is 2.64. The van der Waals surface area contributed by atoms with E-state index in [-0.39, 0.29) is 23.8 Å². The number of benzene rings is 1. The first-order valence-electron chi connectivity index (χ1n) is 15.0. The lowest BCUT2D eigenvalue weighted by atomic mass is 9.74. The van der Waals surface area contributed by atoms with Crippen LogP contribution in [0.1, 0.15) is 64.7 Å². The second kappa shape index (κ2) is 11.0. The van der Waals surface area contributed by atoms with E-state index in [1.807, 2.05) is 24.3 Å². The molecule has 0 unspecified atom stereocenters. The summed E-state index contributed by atoms with van der Waals surface area (Å²) in [6.07, 6.45) is 15.0. The molecule has 3 heterocycles. The molecule has 3 fully saturated rings. The minimum absolute atomic E-state index is 0.0874. The second-order valence-corrected chi connectivity index (χ2v) is 12.2. The molecule has 0 aromatic heterocycles. The number of ether oxygens (including phenoxy) is 2. The molecule has 3 amide bonds. The van der Waals surface area contributed by atoms with Crippen molar-refractivity contribution < 1.29 is 23.9 Å². The third-order valence-corrected chi connectivity index (χ3v) is 9.76. The van der Waals surface area contributed by atoms with Crippen LogP contribution in [0, 0.1) is 17.8 Å². The predicted octanol–water partition coefficient (Wildman–Crippen LogP) is 4.37. The average molecular weight is 548 g/mol. The van der Waals surface area contributed by atoms with Gasteiger partial charge >= 0.3 is 0 Å². The first-order valence-corrected chi connectivity index (χ1v) is 15.0. The Balaban J connectivity index is 1.28. The number of nitrogens with one attached hydrogen (secondary N) is 2. The van der Waals surface area contributed by atoms with E-state index in [1.54, 1.807) is 24.1 Å². The van der Waals surface area contributed by atoms with Crippen LogP contribution in [0.4, 0.5) is 5.69 Å². The van der Waals surface area contributed by atoms with E-state index < -0.39 is 29.6 Å². The normalized spacial score (nSPS) is 34.4. The fourth-order valence-electron chi connectivity index (χ4n) is 7.62. The van der Waals surface area contributed by atoms with Crippen LogP contribution in [0.2, 0.25) is 0 Å². The molecule has 6 rings (SSSR count). The Hall–Kier alpha value is -3.13. The van der Waals surface area contributed by atoms with Gasteiger partial charge in [0.2, 0.25) is 17.7 Å². The van der Waals surface area contributed by atoms with Crippen LogP contribution >= 0.6 is 0 Å². The molecule has 2 saturated heterocycles. The number of nitrogens with zero attached hydrogens (tertiary/aromatic N) is 1. The van der Waals surface area contributed by atoms with E-state index >= 15 is 0 Å². The van der Waals surface area contributed by atoms with Gasteiger partial charge < -0.3 is 25.0 Å². The van der Waals surface area contributed by atoms with E-state index in [0.29, 0.717) is 23.9 Å². The number of carbonyl (C=O) groups excluding carboxylic acids is 3. The first kappa shape index (κ1) is 27.1. The maximum absolute atomic E-state index is 14.2. The number of fused-ring (bicyclic) bond motifs is 1. The first-order chi connectivity index (χ1) is 19.4. The third kappa shape index (κ3) is 4.74. The number of carbonyl (C=O) groups is 3. The van der Waals surface area contributed by atoms with E-state index in [9.17, 15) is 14.4 Å². The molecule has 8 heteroatoms. The average Bonchev–Trinajstić information content (AvgIpc) is 3.61. The smallest absolute Gasteiger partial charge is 0.246 e. The molecule has 40 heavy (non-hydrogen) atoms. The van der Waals surface area contributed by atoms with Crippen LogP contribution < -0.4 is 15.4 Å². The van der Waals surface area contributed by atoms with Gasteiger partial charge in [-0.05, 0) is 63.0 Å². The molecule has 2 N–H and O–H groups in total. The van der Waals surface area contributed by atoms with Crippen LogP contribution in [0.3, 0.4) is 0 Å². The summed E-state index contributed by atoms with van der Waals surface area (Å²) < 4.78 is 11.8. The van der Waals surface area contributed by atoms with Crippen LogP contribution in [0.5, 0.6) is 5.75 Å². The zero-order valence-electron chi connectivity index (χ0n) is 23.6. The molecular formula is C32H41N3O5. The number of amides is 3. The maximum atomic E-state index is 14.2. The molecule has 0 radical (unpaired) electrons. The highest BCUT2D eigenvalue weighted by Gasteiger charge is 2.72. The highest BCUT2D eigenvalue weighted by atomic mass is 16.5. The number of allylic oxidation sites excluding steroid dienone is 1. The Morgan fingerprint density at radius 3 is 2.77 bits per heavy atom. The van der Waals surface area contributed by atoms with E-state index in [2.05, 4.69) is 23.6 Å². The van der Waals surface area contributed by atoms with Gasteiger partial charge in [-0.3, -0.25) is 14.4 Å². The third-order valence-electron chi connectivity index (χ3n) is 9.76. The predicted molar refractivity (Wildman–Crippen MR) is 152 cm³/mol. The Bertz CT molecular complexity index is 1230. The van der Waals surface area contributed by atoms with E-state index in [0.717, 1.165) is 44.9 Å². The summed E-state index contributed by atoms with van der Waals surface area (Å²) in [4.78, 5) is 43.7. The second-order valence-electron chi connectivity index (χ2n) is 12.2. The van der Waals surface area contributed by atoms with Gasteiger partial charge in [0, 0.05) is 24.3 Å².